The molecular formula is C42H48N6O4. The summed E-state index contributed by atoms with van der Waals surface area (Å²) in [7, 11) is 0. The summed E-state index contributed by atoms with van der Waals surface area (Å²) in [5, 5.41) is 26.2. The number of aliphatic hydroxyl groups excluding tert-OH is 2. The van der Waals surface area contributed by atoms with Gasteiger partial charge in [-0.05, 0) is 133 Å². The molecule has 4 aromatic rings. The number of hydrogen-bond acceptors (Lipinski definition) is 8. The number of anilines is 2. The summed E-state index contributed by atoms with van der Waals surface area (Å²) in [5.74, 6) is 0.433. The third-order valence-corrected chi connectivity index (χ3v) is 11.3. The van der Waals surface area contributed by atoms with E-state index in [1.807, 2.05) is 74.8 Å². The first-order chi connectivity index (χ1) is 25.2. The van der Waals surface area contributed by atoms with E-state index >= 15 is 0 Å². The standard InChI is InChI=1S/C42H48N6O4/c1-25-33(5-3-7-37(25)45-41(51)39-17-35(27-9-10-27)29(19-43-39)21-47-15-13-31(49)23-47)34-6-4-8-38(26(34)2)46-42(52)40-18-36(28-11-12-28)30(20-44-40)22-48-16-14-32(50)24-48/h3-8,17-20,27-28,31-32,49-50H,9-16,21-24H2,1-2H3,(H,45,51)(H,46,52)/t31-,32-/m0/s1. The lowest BCUT2D eigenvalue weighted by Crippen LogP contribution is -2.23. The summed E-state index contributed by atoms with van der Waals surface area (Å²) in [6.07, 6.45) is 9.23. The molecule has 2 saturated carbocycles. The number of nitrogens with zero attached hydrogens (tertiary/aromatic N) is 4. The van der Waals surface area contributed by atoms with Gasteiger partial charge in [0.25, 0.3) is 11.8 Å². The first-order valence-electron chi connectivity index (χ1n) is 18.8. The van der Waals surface area contributed by atoms with Gasteiger partial charge in [0.2, 0.25) is 0 Å². The van der Waals surface area contributed by atoms with Crippen molar-refractivity contribution in [1.82, 2.24) is 19.8 Å². The maximum Gasteiger partial charge on any atom is 0.274 e. The molecule has 2 atom stereocenters. The molecule has 2 aromatic heterocycles. The Labute approximate surface area is 305 Å². The van der Waals surface area contributed by atoms with Gasteiger partial charge in [-0.2, -0.15) is 0 Å². The smallest absolute Gasteiger partial charge is 0.274 e. The molecule has 4 fully saturated rings. The van der Waals surface area contributed by atoms with Gasteiger partial charge in [0.1, 0.15) is 11.4 Å². The molecule has 4 heterocycles. The van der Waals surface area contributed by atoms with Crippen molar-refractivity contribution in [3.05, 3.63) is 106 Å². The summed E-state index contributed by atoms with van der Waals surface area (Å²) in [6, 6.07) is 15.7. The van der Waals surface area contributed by atoms with Gasteiger partial charge in [-0.15, -0.1) is 0 Å². The van der Waals surface area contributed by atoms with Gasteiger partial charge in [-0.25, -0.2) is 0 Å². The van der Waals surface area contributed by atoms with Crippen LogP contribution in [0.25, 0.3) is 11.1 Å². The minimum atomic E-state index is -0.269. The van der Waals surface area contributed by atoms with E-state index < -0.39 is 0 Å². The SMILES string of the molecule is Cc1c(NC(=O)c2cc(C3CC3)c(CN3CC[C@H](O)C3)cn2)cccc1-c1cccc(NC(=O)c2cc(C3CC3)c(CN3CC[C@H](O)C3)cn2)c1C. The van der Waals surface area contributed by atoms with Gasteiger partial charge < -0.3 is 20.8 Å². The molecule has 4 aliphatic rings. The van der Waals surface area contributed by atoms with Crippen LogP contribution in [0.2, 0.25) is 0 Å². The fraction of sp³-hybridized carbons (Fsp3) is 0.429. The lowest BCUT2D eigenvalue weighted by Gasteiger charge is -2.19. The largest absolute Gasteiger partial charge is 0.392 e. The normalized spacial score (nSPS) is 20.7. The maximum atomic E-state index is 13.6. The Morgan fingerprint density at radius 1 is 0.673 bits per heavy atom. The highest BCUT2D eigenvalue weighted by atomic mass is 16.3. The van der Waals surface area contributed by atoms with E-state index in [-0.39, 0.29) is 24.0 Å². The van der Waals surface area contributed by atoms with Crippen LogP contribution in [0, 0.1) is 13.8 Å². The lowest BCUT2D eigenvalue weighted by atomic mass is 9.94. The molecule has 10 heteroatoms. The van der Waals surface area contributed by atoms with Crippen molar-refractivity contribution in [1.29, 1.82) is 0 Å². The number of carbonyl (C=O) groups is 2. The number of aliphatic hydroxyl groups is 2. The van der Waals surface area contributed by atoms with Crippen LogP contribution in [0.5, 0.6) is 0 Å². The van der Waals surface area contributed by atoms with E-state index in [1.54, 1.807) is 0 Å². The van der Waals surface area contributed by atoms with E-state index in [9.17, 15) is 19.8 Å². The summed E-state index contributed by atoms with van der Waals surface area (Å²) in [4.78, 5) is 40.9. The number of pyridine rings is 2. The second kappa shape index (κ2) is 14.5. The van der Waals surface area contributed by atoms with Crippen molar-refractivity contribution in [2.75, 3.05) is 36.8 Å². The summed E-state index contributed by atoms with van der Waals surface area (Å²) in [5.41, 5.74) is 10.7. The topological polar surface area (TPSA) is 131 Å². The zero-order chi connectivity index (χ0) is 35.9. The highest BCUT2D eigenvalue weighted by molar-refractivity contribution is 6.05. The molecule has 270 valence electrons. The second-order valence-corrected chi connectivity index (χ2v) is 15.3. The van der Waals surface area contributed by atoms with Crippen molar-refractivity contribution in [3.8, 4) is 11.1 Å². The number of rotatable bonds is 11. The molecule has 8 rings (SSSR count). The molecule has 2 aliphatic heterocycles. The first kappa shape index (κ1) is 34.6. The summed E-state index contributed by atoms with van der Waals surface area (Å²) >= 11 is 0. The average Bonchev–Trinajstić information content (AvgIpc) is 4.07. The fourth-order valence-corrected chi connectivity index (χ4v) is 7.95. The van der Waals surface area contributed by atoms with Crippen LogP contribution in [-0.4, -0.2) is 80.2 Å². The molecule has 10 nitrogen and oxygen atoms in total. The highest BCUT2D eigenvalue weighted by Gasteiger charge is 2.31. The monoisotopic (exact) mass is 700 g/mol. The van der Waals surface area contributed by atoms with Crippen LogP contribution in [0.15, 0.2) is 60.9 Å². The van der Waals surface area contributed by atoms with Crippen molar-refractivity contribution >= 4 is 23.2 Å². The number of nitrogens with one attached hydrogen (secondary N) is 2. The van der Waals surface area contributed by atoms with Gasteiger partial charge in [0, 0.05) is 63.0 Å². The molecular weight excluding hydrogens is 652 g/mol. The molecule has 2 aliphatic carbocycles. The predicted octanol–water partition coefficient (Wildman–Crippen LogP) is 6.15. The van der Waals surface area contributed by atoms with E-state index in [4.69, 9.17) is 0 Å². The van der Waals surface area contributed by atoms with Crippen LogP contribution < -0.4 is 10.6 Å². The minimum Gasteiger partial charge on any atom is -0.392 e. The Bertz CT molecular complexity index is 1860. The van der Waals surface area contributed by atoms with E-state index in [0.717, 1.165) is 98.1 Å². The van der Waals surface area contributed by atoms with Gasteiger partial charge in [-0.1, -0.05) is 24.3 Å². The van der Waals surface area contributed by atoms with Crippen molar-refractivity contribution < 1.29 is 19.8 Å². The van der Waals surface area contributed by atoms with E-state index in [1.165, 1.54) is 11.1 Å². The second-order valence-electron chi connectivity index (χ2n) is 15.3. The van der Waals surface area contributed by atoms with Crippen molar-refractivity contribution in [2.45, 2.75) is 89.5 Å². The van der Waals surface area contributed by atoms with Gasteiger partial charge in [0.05, 0.1) is 12.2 Å². The minimum absolute atomic E-state index is 0.245. The molecule has 0 unspecified atom stereocenters. The van der Waals surface area contributed by atoms with Gasteiger partial charge >= 0.3 is 0 Å². The van der Waals surface area contributed by atoms with Crippen LogP contribution in [0.1, 0.15) is 105 Å². The Morgan fingerprint density at radius 2 is 1.10 bits per heavy atom. The van der Waals surface area contributed by atoms with Crippen LogP contribution in [0.3, 0.4) is 0 Å². The third kappa shape index (κ3) is 7.52. The fourth-order valence-electron chi connectivity index (χ4n) is 7.95. The molecule has 0 spiro atoms. The molecule has 2 saturated heterocycles. The molecule has 0 bridgehead atoms. The number of carbonyl (C=O) groups excluding carboxylic acids is 2. The quantitative estimate of drug-likeness (QED) is 0.147. The number of amides is 2. The van der Waals surface area contributed by atoms with Crippen LogP contribution in [0.4, 0.5) is 11.4 Å². The summed E-state index contributed by atoms with van der Waals surface area (Å²) < 4.78 is 0. The molecule has 52 heavy (non-hydrogen) atoms. The molecule has 4 N–H and O–H groups in total. The Morgan fingerprint density at radius 3 is 1.46 bits per heavy atom. The zero-order valence-electron chi connectivity index (χ0n) is 30.1. The summed E-state index contributed by atoms with van der Waals surface area (Å²) in [6.45, 7) is 8.58. The zero-order valence-corrected chi connectivity index (χ0v) is 30.1. The van der Waals surface area contributed by atoms with Crippen molar-refractivity contribution in [2.24, 2.45) is 0 Å². The van der Waals surface area contributed by atoms with Crippen LogP contribution in [-0.2, 0) is 13.1 Å². The first-order valence-corrected chi connectivity index (χ1v) is 18.8. The maximum absolute atomic E-state index is 13.6. The molecule has 0 radical (unpaired) electrons. The number of likely N-dealkylation sites (tertiary alicyclic amines) is 2. The number of hydrogen-bond donors (Lipinski definition) is 4. The van der Waals surface area contributed by atoms with E-state index in [0.29, 0.717) is 47.7 Å². The molecule has 2 aromatic carbocycles. The number of benzene rings is 2. The Balaban J connectivity index is 0.979. The number of aromatic nitrogens is 2. The van der Waals surface area contributed by atoms with Crippen LogP contribution >= 0.6 is 0 Å². The van der Waals surface area contributed by atoms with Gasteiger partial charge in [0.15, 0.2) is 0 Å². The molecule has 2 amide bonds. The predicted molar refractivity (Wildman–Crippen MR) is 201 cm³/mol. The lowest BCUT2D eigenvalue weighted by molar-refractivity contribution is 0.101. The average molecular weight is 701 g/mol. The van der Waals surface area contributed by atoms with E-state index in [2.05, 4.69) is 30.4 Å². The van der Waals surface area contributed by atoms with Gasteiger partial charge in [-0.3, -0.25) is 29.4 Å². The number of β-amino-alcohol motifs (C(OH)–C–C–N with tert-alkyl or cyclic N) is 2. The Hall–Kier alpha value is -4.48. The Kier molecular flexibility index (Phi) is 9.65. The van der Waals surface area contributed by atoms with Crippen molar-refractivity contribution in [3.63, 3.8) is 0 Å². The third-order valence-electron chi connectivity index (χ3n) is 11.3. The highest BCUT2D eigenvalue weighted by Crippen LogP contribution is 2.43.